The fourth-order valence-corrected chi connectivity index (χ4v) is 5.92. The second kappa shape index (κ2) is 12.0. The van der Waals surface area contributed by atoms with E-state index in [0.717, 1.165) is 46.0 Å². The van der Waals surface area contributed by atoms with E-state index >= 15 is 0 Å². The summed E-state index contributed by atoms with van der Waals surface area (Å²) in [5.74, 6) is -1.39. The minimum absolute atomic E-state index is 0.310. The summed E-state index contributed by atoms with van der Waals surface area (Å²) in [6.07, 6.45) is 3.89. The molecule has 0 saturated carbocycles. The minimum Gasteiger partial charge on any atom is -0.493 e. The van der Waals surface area contributed by atoms with E-state index in [9.17, 15) is 14.4 Å². The summed E-state index contributed by atoms with van der Waals surface area (Å²) in [7, 11) is 2.82. The lowest BCUT2D eigenvalue weighted by Crippen LogP contribution is -2.32. The topological polar surface area (TPSA) is 115 Å². The highest BCUT2D eigenvalue weighted by atomic mass is 32.1. The first-order valence-electron chi connectivity index (χ1n) is 12.6. The Morgan fingerprint density at radius 3 is 2.62 bits per heavy atom. The largest absolute Gasteiger partial charge is 0.493 e. The Hall–Kier alpha value is -4.70. The van der Waals surface area contributed by atoms with Gasteiger partial charge in [-0.05, 0) is 64.9 Å². The summed E-state index contributed by atoms with van der Waals surface area (Å²) < 4.78 is 16.4. The average molecular weight is 558 g/mol. The molecule has 0 fully saturated rings. The monoisotopic (exact) mass is 557 g/mol. The van der Waals surface area contributed by atoms with E-state index in [1.807, 2.05) is 24.3 Å². The highest BCUT2D eigenvalue weighted by Crippen LogP contribution is 2.39. The number of hydrogen-bond donors (Lipinski definition) is 2. The molecule has 4 aromatic rings. The van der Waals surface area contributed by atoms with E-state index in [0.29, 0.717) is 34.2 Å². The van der Waals surface area contributed by atoms with Gasteiger partial charge in [-0.25, -0.2) is 10.2 Å². The van der Waals surface area contributed by atoms with Crippen LogP contribution in [0.5, 0.6) is 11.5 Å². The molecule has 0 unspecified atom stereocenters. The molecular weight excluding hydrogens is 530 g/mol. The van der Waals surface area contributed by atoms with Crippen LogP contribution >= 0.6 is 11.3 Å². The molecule has 0 aliphatic heterocycles. The van der Waals surface area contributed by atoms with Crippen LogP contribution in [0.4, 0.5) is 5.00 Å². The average Bonchev–Trinajstić information content (AvgIpc) is 3.56. The second-order valence-electron chi connectivity index (χ2n) is 9.04. The van der Waals surface area contributed by atoms with Crippen LogP contribution in [0.15, 0.2) is 65.8 Å². The molecule has 1 heterocycles. The number of nitrogens with one attached hydrogen (secondary N) is 2. The lowest BCUT2D eigenvalue weighted by atomic mass is 10.1. The van der Waals surface area contributed by atoms with Crippen molar-refractivity contribution in [3.63, 3.8) is 0 Å². The van der Waals surface area contributed by atoms with Gasteiger partial charge in [0, 0.05) is 4.88 Å². The molecule has 1 aliphatic carbocycles. The molecule has 0 spiro atoms. The van der Waals surface area contributed by atoms with Gasteiger partial charge in [-0.3, -0.25) is 9.59 Å². The lowest BCUT2D eigenvalue weighted by Gasteiger charge is -2.12. The van der Waals surface area contributed by atoms with Gasteiger partial charge < -0.3 is 19.5 Å². The number of rotatable bonds is 8. The highest BCUT2D eigenvalue weighted by molar-refractivity contribution is 7.17. The lowest BCUT2D eigenvalue weighted by molar-refractivity contribution is -0.136. The number of hydrazone groups is 1. The Bertz CT molecular complexity index is 1620. The van der Waals surface area contributed by atoms with E-state index in [1.165, 1.54) is 31.8 Å². The van der Waals surface area contributed by atoms with E-state index in [2.05, 4.69) is 34.0 Å². The smallest absolute Gasteiger partial charge is 0.341 e. The summed E-state index contributed by atoms with van der Waals surface area (Å²) in [5, 5.41) is 8.99. The van der Waals surface area contributed by atoms with Gasteiger partial charge in [0.1, 0.15) is 11.6 Å². The van der Waals surface area contributed by atoms with Crippen molar-refractivity contribution in [3.05, 3.63) is 87.8 Å². The van der Waals surface area contributed by atoms with Gasteiger partial charge in [0.05, 0.1) is 26.0 Å². The van der Waals surface area contributed by atoms with Gasteiger partial charge in [-0.15, -0.1) is 11.3 Å². The van der Waals surface area contributed by atoms with E-state index < -0.39 is 17.8 Å². The number of carbonyl (C=O) groups excluding carboxylic acids is 3. The maximum atomic E-state index is 12.5. The van der Waals surface area contributed by atoms with Gasteiger partial charge in [-0.2, -0.15) is 5.10 Å². The van der Waals surface area contributed by atoms with Crippen molar-refractivity contribution in [2.75, 3.05) is 19.5 Å². The third kappa shape index (κ3) is 5.67. The zero-order valence-electron chi connectivity index (χ0n) is 22.0. The number of fused-ring (bicyclic) bond motifs is 2. The summed E-state index contributed by atoms with van der Waals surface area (Å²) in [6, 6.07) is 19.4. The summed E-state index contributed by atoms with van der Waals surface area (Å²) in [6.45, 7) is 0.362. The Morgan fingerprint density at radius 2 is 1.80 bits per heavy atom. The molecule has 9 nitrogen and oxygen atoms in total. The van der Waals surface area contributed by atoms with E-state index in [4.69, 9.17) is 14.2 Å². The van der Waals surface area contributed by atoms with Crippen molar-refractivity contribution in [1.82, 2.24) is 5.43 Å². The molecule has 0 atom stereocenters. The molecule has 3 aromatic carbocycles. The number of thiophene rings is 1. The molecule has 0 radical (unpaired) electrons. The molecule has 40 heavy (non-hydrogen) atoms. The van der Waals surface area contributed by atoms with Crippen molar-refractivity contribution in [2.24, 2.45) is 5.10 Å². The number of amides is 2. The van der Waals surface area contributed by atoms with Crippen LogP contribution in [-0.2, 0) is 33.8 Å². The number of anilines is 1. The third-order valence-electron chi connectivity index (χ3n) is 6.57. The van der Waals surface area contributed by atoms with Crippen LogP contribution in [0, 0.1) is 0 Å². The van der Waals surface area contributed by atoms with Gasteiger partial charge in [0.15, 0.2) is 11.5 Å². The quantitative estimate of drug-likeness (QED) is 0.139. The number of benzene rings is 3. The number of aryl methyl sites for hydroxylation is 1. The Balaban J connectivity index is 1.20. The zero-order chi connectivity index (χ0) is 28.1. The normalized spacial score (nSPS) is 12.2. The number of esters is 1. The highest BCUT2D eigenvalue weighted by Gasteiger charge is 2.29. The number of ether oxygens (including phenoxy) is 3. The first kappa shape index (κ1) is 26.9. The van der Waals surface area contributed by atoms with Crippen LogP contribution < -0.4 is 20.2 Å². The Morgan fingerprint density at radius 1 is 0.975 bits per heavy atom. The minimum atomic E-state index is -0.970. The molecule has 1 aliphatic rings. The van der Waals surface area contributed by atoms with Crippen molar-refractivity contribution >= 4 is 51.1 Å². The van der Waals surface area contributed by atoms with Gasteiger partial charge in [-0.1, -0.05) is 42.5 Å². The van der Waals surface area contributed by atoms with Crippen molar-refractivity contribution in [1.29, 1.82) is 0 Å². The van der Waals surface area contributed by atoms with Crippen molar-refractivity contribution in [2.45, 2.75) is 25.9 Å². The van der Waals surface area contributed by atoms with Crippen molar-refractivity contribution < 1.29 is 28.6 Å². The van der Waals surface area contributed by atoms with Crippen LogP contribution in [0.1, 0.15) is 38.3 Å². The summed E-state index contributed by atoms with van der Waals surface area (Å²) in [5.41, 5.74) is 5.09. The molecule has 10 heteroatoms. The predicted molar refractivity (Wildman–Crippen MR) is 153 cm³/mol. The molecule has 1 aromatic heterocycles. The number of methoxy groups -OCH3 is 2. The summed E-state index contributed by atoms with van der Waals surface area (Å²) >= 11 is 1.29. The SMILES string of the molecule is COC(=O)c1c(NC(=O)C(=O)NN=Cc2ccc(OCc3cccc4ccccc34)c(OC)c2)sc2c1CCC2. The molecule has 2 amide bonds. The number of nitrogens with zero attached hydrogens (tertiary/aromatic N) is 1. The predicted octanol–water partition coefficient (Wildman–Crippen LogP) is 4.85. The van der Waals surface area contributed by atoms with E-state index in [-0.39, 0.29) is 0 Å². The maximum Gasteiger partial charge on any atom is 0.341 e. The molecule has 0 saturated heterocycles. The fourth-order valence-electron chi connectivity index (χ4n) is 4.64. The Labute approximate surface area is 234 Å². The summed E-state index contributed by atoms with van der Waals surface area (Å²) in [4.78, 5) is 38.1. The van der Waals surface area contributed by atoms with Crippen LogP contribution in [0.2, 0.25) is 0 Å². The fraction of sp³-hybridized carbons (Fsp3) is 0.200. The molecule has 204 valence electrons. The molecule has 0 bridgehead atoms. The third-order valence-corrected chi connectivity index (χ3v) is 7.78. The van der Waals surface area contributed by atoms with Gasteiger partial charge in [0.25, 0.3) is 0 Å². The second-order valence-corrected chi connectivity index (χ2v) is 10.1. The first-order valence-corrected chi connectivity index (χ1v) is 13.4. The first-order chi connectivity index (χ1) is 19.5. The van der Waals surface area contributed by atoms with Crippen LogP contribution in [0.3, 0.4) is 0 Å². The van der Waals surface area contributed by atoms with E-state index in [1.54, 1.807) is 18.2 Å². The molecule has 5 rings (SSSR count). The Kier molecular flexibility index (Phi) is 8.07. The molecule has 2 N–H and O–H groups in total. The van der Waals surface area contributed by atoms with Crippen LogP contribution in [0.25, 0.3) is 10.8 Å². The van der Waals surface area contributed by atoms with Crippen molar-refractivity contribution in [3.8, 4) is 11.5 Å². The zero-order valence-corrected chi connectivity index (χ0v) is 22.8. The number of hydrogen-bond acceptors (Lipinski definition) is 8. The maximum absolute atomic E-state index is 12.5. The number of carbonyl (C=O) groups is 3. The van der Waals surface area contributed by atoms with Crippen LogP contribution in [-0.4, -0.2) is 38.2 Å². The standard InChI is InChI=1S/C30H27N3O6S/c1-37-24-15-18(13-14-23(24)39-17-20-9-5-8-19-7-3-4-10-21(19)20)16-31-33-28(35)27(34)32-29-26(30(36)38-2)22-11-6-12-25(22)40-29/h3-5,7-10,13-16H,6,11-12,17H2,1-2H3,(H,32,34)(H,33,35). The molecular formula is C30H27N3O6S. The van der Waals surface area contributed by atoms with Gasteiger partial charge in [0.2, 0.25) is 0 Å². The van der Waals surface area contributed by atoms with Gasteiger partial charge >= 0.3 is 17.8 Å².